The van der Waals surface area contributed by atoms with Crippen LogP contribution in [0.1, 0.15) is 35.4 Å². The third-order valence-corrected chi connectivity index (χ3v) is 2.32. The van der Waals surface area contributed by atoms with Crippen molar-refractivity contribution in [3.8, 4) is 0 Å². The van der Waals surface area contributed by atoms with Crippen LogP contribution in [-0.4, -0.2) is 23.8 Å². The highest BCUT2D eigenvalue weighted by Crippen LogP contribution is 2.21. The zero-order valence-electron chi connectivity index (χ0n) is 9.59. The van der Waals surface area contributed by atoms with Crippen LogP contribution in [-0.2, 0) is 6.54 Å². The molecule has 0 aromatic carbocycles. The number of furan rings is 1. The molecule has 0 fully saturated rings. The molecule has 102 valence electrons. The minimum Gasteiger partial charge on any atom is -0.475 e. The molecule has 0 aliphatic heterocycles. The molecule has 0 saturated heterocycles. The van der Waals surface area contributed by atoms with Crippen LogP contribution in [0.3, 0.4) is 0 Å². The number of carbonyl (C=O) groups is 1. The molecule has 2 N–H and O–H groups in total. The average Bonchev–Trinajstić information content (AvgIpc) is 2.69. The lowest BCUT2D eigenvalue weighted by molar-refractivity contribution is -0.135. The van der Waals surface area contributed by atoms with E-state index >= 15 is 0 Å². The number of halogens is 3. The number of unbranched alkanes of at least 4 members (excludes halogenated alkanes) is 1. The standard InChI is InChI=1S/C11H14F3NO3/c12-11(13,14)4-1-2-5-15-7-8-3-6-18-9(8)10(16)17/h3,6,15H,1-2,4-5,7H2,(H,16,17). The van der Waals surface area contributed by atoms with Gasteiger partial charge in [0.25, 0.3) is 0 Å². The van der Waals surface area contributed by atoms with E-state index in [4.69, 9.17) is 9.52 Å². The zero-order valence-corrected chi connectivity index (χ0v) is 9.59. The largest absolute Gasteiger partial charge is 0.475 e. The van der Waals surface area contributed by atoms with Gasteiger partial charge in [-0.15, -0.1) is 0 Å². The number of carboxylic acids is 1. The van der Waals surface area contributed by atoms with Gasteiger partial charge < -0.3 is 14.8 Å². The minimum atomic E-state index is -4.11. The molecule has 7 heteroatoms. The van der Waals surface area contributed by atoms with Crippen LogP contribution in [0.5, 0.6) is 0 Å². The van der Waals surface area contributed by atoms with Crippen LogP contribution in [0, 0.1) is 0 Å². The van der Waals surface area contributed by atoms with Gasteiger partial charge in [0.2, 0.25) is 5.76 Å². The molecule has 0 radical (unpaired) electrons. The Kier molecular flexibility index (Phi) is 5.21. The van der Waals surface area contributed by atoms with Crippen molar-refractivity contribution in [1.29, 1.82) is 0 Å². The lowest BCUT2D eigenvalue weighted by atomic mass is 10.2. The molecule has 4 nitrogen and oxygen atoms in total. The summed E-state index contributed by atoms with van der Waals surface area (Å²) in [5.41, 5.74) is 0.485. The van der Waals surface area contributed by atoms with Crippen LogP contribution in [0.15, 0.2) is 16.7 Å². The maximum Gasteiger partial charge on any atom is 0.389 e. The first-order valence-electron chi connectivity index (χ1n) is 5.47. The molecule has 0 bridgehead atoms. The van der Waals surface area contributed by atoms with Gasteiger partial charge >= 0.3 is 12.1 Å². The lowest BCUT2D eigenvalue weighted by Gasteiger charge is -2.06. The van der Waals surface area contributed by atoms with Crippen molar-refractivity contribution in [1.82, 2.24) is 5.32 Å². The van der Waals surface area contributed by atoms with Crippen LogP contribution in [0.25, 0.3) is 0 Å². The summed E-state index contributed by atoms with van der Waals surface area (Å²) in [5, 5.41) is 11.6. The van der Waals surface area contributed by atoms with Crippen molar-refractivity contribution in [2.24, 2.45) is 0 Å². The van der Waals surface area contributed by atoms with E-state index in [2.05, 4.69) is 5.32 Å². The first kappa shape index (κ1) is 14.6. The molecule has 0 unspecified atom stereocenters. The van der Waals surface area contributed by atoms with Crippen molar-refractivity contribution in [2.45, 2.75) is 32.0 Å². The fourth-order valence-electron chi connectivity index (χ4n) is 1.46. The summed E-state index contributed by atoms with van der Waals surface area (Å²) in [6.45, 7) is 0.671. The van der Waals surface area contributed by atoms with Gasteiger partial charge in [-0.05, 0) is 25.5 Å². The molecule has 0 spiro atoms. The van der Waals surface area contributed by atoms with Crippen molar-refractivity contribution < 1.29 is 27.5 Å². The van der Waals surface area contributed by atoms with E-state index in [1.165, 1.54) is 12.3 Å². The second-order valence-electron chi connectivity index (χ2n) is 3.83. The molecule has 1 aromatic heterocycles. The fourth-order valence-corrected chi connectivity index (χ4v) is 1.46. The van der Waals surface area contributed by atoms with Gasteiger partial charge in [-0.3, -0.25) is 0 Å². The summed E-state index contributed by atoms with van der Waals surface area (Å²) in [6, 6.07) is 1.52. The first-order chi connectivity index (χ1) is 8.40. The predicted octanol–water partition coefficient (Wildman–Crippen LogP) is 2.80. The summed E-state index contributed by atoms with van der Waals surface area (Å²) in [5.74, 6) is -1.30. The van der Waals surface area contributed by atoms with Crippen LogP contribution in [0.2, 0.25) is 0 Å². The Bertz CT molecular complexity index is 387. The molecule has 1 heterocycles. The van der Waals surface area contributed by atoms with Gasteiger partial charge in [-0.25, -0.2) is 4.79 Å². The lowest BCUT2D eigenvalue weighted by Crippen LogP contribution is -2.17. The van der Waals surface area contributed by atoms with Crippen LogP contribution >= 0.6 is 0 Å². The summed E-state index contributed by atoms with van der Waals surface area (Å²) in [4.78, 5) is 10.7. The summed E-state index contributed by atoms with van der Waals surface area (Å²) in [6.07, 6.45) is -3.18. The molecule has 0 saturated carbocycles. The number of hydrogen-bond donors (Lipinski definition) is 2. The molecule has 1 rings (SSSR count). The fraction of sp³-hybridized carbons (Fsp3) is 0.545. The van der Waals surface area contributed by atoms with Crippen molar-refractivity contribution >= 4 is 5.97 Å². The number of hydrogen-bond acceptors (Lipinski definition) is 3. The molecule has 0 atom stereocenters. The highest BCUT2D eigenvalue weighted by atomic mass is 19.4. The normalized spacial score (nSPS) is 11.7. The van der Waals surface area contributed by atoms with Gasteiger partial charge in [0.1, 0.15) is 0 Å². The monoisotopic (exact) mass is 265 g/mol. The van der Waals surface area contributed by atoms with Gasteiger partial charge in [0.15, 0.2) is 0 Å². The second-order valence-corrected chi connectivity index (χ2v) is 3.83. The van der Waals surface area contributed by atoms with E-state index in [0.29, 0.717) is 18.5 Å². The summed E-state index contributed by atoms with van der Waals surface area (Å²) < 4.78 is 40.3. The number of alkyl halides is 3. The van der Waals surface area contributed by atoms with Gasteiger partial charge in [0.05, 0.1) is 6.26 Å². The highest BCUT2D eigenvalue weighted by molar-refractivity contribution is 5.86. The molecule has 1 aromatic rings. The Morgan fingerprint density at radius 2 is 2.11 bits per heavy atom. The van der Waals surface area contributed by atoms with Crippen molar-refractivity contribution in [3.05, 3.63) is 23.7 Å². The first-order valence-corrected chi connectivity index (χ1v) is 5.47. The van der Waals surface area contributed by atoms with Crippen molar-refractivity contribution in [2.75, 3.05) is 6.54 Å². The van der Waals surface area contributed by atoms with E-state index in [0.717, 1.165) is 0 Å². The second kappa shape index (κ2) is 6.44. The Labute approximate surface area is 102 Å². The van der Waals surface area contributed by atoms with Gasteiger partial charge in [-0.2, -0.15) is 13.2 Å². The van der Waals surface area contributed by atoms with E-state index in [1.807, 2.05) is 0 Å². The SMILES string of the molecule is O=C(O)c1occc1CNCCCCC(F)(F)F. The Morgan fingerprint density at radius 3 is 2.72 bits per heavy atom. The Morgan fingerprint density at radius 1 is 1.39 bits per heavy atom. The number of nitrogens with one attached hydrogen (secondary N) is 1. The van der Waals surface area contributed by atoms with Crippen LogP contribution in [0.4, 0.5) is 13.2 Å². The number of aromatic carboxylic acids is 1. The maximum atomic E-state index is 11.8. The average molecular weight is 265 g/mol. The smallest absolute Gasteiger partial charge is 0.389 e. The number of carboxylic acid groups (broad SMARTS) is 1. The Balaban J connectivity index is 2.18. The summed E-state index contributed by atoms with van der Waals surface area (Å²) >= 11 is 0. The topological polar surface area (TPSA) is 62.5 Å². The minimum absolute atomic E-state index is 0.0632. The highest BCUT2D eigenvalue weighted by Gasteiger charge is 2.25. The Hall–Kier alpha value is -1.50. The maximum absolute atomic E-state index is 11.8. The molecule has 0 amide bonds. The van der Waals surface area contributed by atoms with E-state index in [1.54, 1.807) is 0 Å². The third-order valence-electron chi connectivity index (χ3n) is 2.32. The zero-order chi connectivity index (χ0) is 13.6. The van der Waals surface area contributed by atoms with Gasteiger partial charge in [-0.1, -0.05) is 0 Å². The molecule has 0 aliphatic rings. The quantitative estimate of drug-likeness (QED) is 0.744. The molecular formula is C11H14F3NO3. The molecular weight excluding hydrogens is 251 g/mol. The van der Waals surface area contributed by atoms with Gasteiger partial charge in [0, 0.05) is 18.5 Å². The van der Waals surface area contributed by atoms with Crippen molar-refractivity contribution in [3.63, 3.8) is 0 Å². The molecule has 18 heavy (non-hydrogen) atoms. The molecule has 0 aliphatic carbocycles. The predicted molar refractivity (Wildman–Crippen MR) is 57.3 cm³/mol. The summed E-state index contributed by atoms with van der Waals surface area (Å²) in [7, 11) is 0. The third kappa shape index (κ3) is 5.22. The van der Waals surface area contributed by atoms with E-state index in [9.17, 15) is 18.0 Å². The van der Waals surface area contributed by atoms with E-state index in [-0.39, 0.29) is 18.7 Å². The van der Waals surface area contributed by atoms with E-state index < -0.39 is 18.6 Å². The van der Waals surface area contributed by atoms with Crippen LogP contribution < -0.4 is 5.32 Å². The number of rotatable bonds is 7.